The van der Waals surface area contributed by atoms with Gasteiger partial charge < -0.3 is 11.5 Å². The number of aromatic nitrogens is 2. The van der Waals surface area contributed by atoms with Crippen molar-refractivity contribution in [1.82, 2.24) is 9.78 Å². The summed E-state index contributed by atoms with van der Waals surface area (Å²) in [5.74, 6) is -2.66. The van der Waals surface area contributed by atoms with Crippen molar-refractivity contribution in [3.8, 4) is 5.69 Å². The molecule has 0 spiro atoms. The van der Waals surface area contributed by atoms with E-state index in [1.807, 2.05) is 0 Å². The van der Waals surface area contributed by atoms with Gasteiger partial charge in [0.25, 0.3) is 11.5 Å². The minimum atomic E-state index is -4.65. The van der Waals surface area contributed by atoms with Gasteiger partial charge in [0.15, 0.2) is 5.69 Å². The number of amides is 1. The van der Waals surface area contributed by atoms with Gasteiger partial charge in [0, 0.05) is 17.7 Å². The molecule has 0 aliphatic rings. The van der Waals surface area contributed by atoms with Crippen LogP contribution in [-0.2, 0) is 6.18 Å². The first kappa shape index (κ1) is 22.0. The number of alkyl halides is 3. The fourth-order valence-corrected chi connectivity index (χ4v) is 3.46. The predicted molar refractivity (Wildman–Crippen MR) is 106 cm³/mol. The minimum absolute atomic E-state index is 0.00640. The lowest BCUT2D eigenvalue weighted by molar-refractivity contribution is -0.138. The molecule has 0 radical (unpaired) electrons. The van der Waals surface area contributed by atoms with E-state index in [4.69, 9.17) is 11.5 Å². The van der Waals surface area contributed by atoms with E-state index in [1.165, 1.54) is 38.1 Å². The Hall–Kier alpha value is -3.69. The van der Waals surface area contributed by atoms with Crippen molar-refractivity contribution < 1.29 is 22.4 Å². The number of primary amides is 1. The topological polar surface area (TPSA) is 104 Å². The summed E-state index contributed by atoms with van der Waals surface area (Å²) >= 11 is 0. The zero-order valence-corrected chi connectivity index (χ0v) is 16.5. The molecule has 3 aromatic rings. The number of nitrogens with two attached hydrogens (primary N) is 2. The van der Waals surface area contributed by atoms with Gasteiger partial charge >= 0.3 is 6.18 Å². The van der Waals surface area contributed by atoms with Crippen LogP contribution in [0.15, 0.2) is 47.3 Å². The van der Waals surface area contributed by atoms with Gasteiger partial charge in [-0.05, 0) is 47.9 Å². The molecule has 1 aromatic heterocycles. The highest BCUT2D eigenvalue weighted by Crippen LogP contribution is 2.38. The molecular formula is C21H18F4N4O2. The molecule has 6 nitrogen and oxygen atoms in total. The molecule has 0 aliphatic carbocycles. The largest absolute Gasteiger partial charge is 0.416 e. The number of carbonyl (C=O) groups is 1. The number of carbonyl (C=O) groups excluding carboxylic acids is 1. The first-order chi connectivity index (χ1) is 14.4. The Kier molecular flexibility index (Phi) is 5.58. The Morgan fingerprint density at radius 3 is 2.35 bits per heavy atom. The van der Waals surface area contributed by atoms with Crippen molar-refractivity contribution in [2.45, 2.75) is 25.9 Å². The van der Waals surface area contributed by atoms with Crippen LogP contribution >= 0.6 is 0 Å². The van der Waals surface area contributed by atoms with Crippen molar-refractivity contribution in [3.63, 3.8) is 0 Å². The zero-order valence-electron chi connectivity index (χ0n) is 16.5. The second-order valence-corrected chi connectivity index (χ2v) is 7.02. The second-order valence-electron chi connectivity index (χ2n) is 7.02. The van der Waals surface area contributed by atoms with Crippen LogP contribution in [0.5, 0.6) is 0 Å². The minimum Gasteiger partial charge on any atom is -0.399 e. The van der Waals surface area contributed by atoms with Crippen molar-refractivity contribution in [1.29, 1.82) is 0 Å². The Morgan fingerprint density at radius 2 is 1.77 bits per heavy atom. The first-order valence-electron chi connectivity index (χ1n) is 9.08. The molecule has 3 rings (SSSR count). The number of nitrogens with zero attached hydrogens (tertiary/aromatic N) is 2. The third kappa shape index (κ3) is 4.14. The first-order valence-corrected chi connectivity index (χ1v) is 9.08. The molecule has 0 fully saturated rings. The standard InChI is InChI=1S/C21H18F4N4O2/c1-10(13-7-12(26)8-15(11(13)2)21(23,24)25)14-9-18(30)29(28-19(14)20(27)31)17-6-4-3-5-16(17)22/h3-10H,26H2,1-2H3,(H2,27,31)/t10-/m1/s1. The average molecular weight is 434 g/mol. The van der Waals surface area contributed by atoms with Crippen LogP contribution in [-0.4, -0.2) is 15.7 Å². The average Bonchev–Trinajstić information content (AvgIpc) is 2.68. The van der Waals surface area contributed by atoms with Crippen LogP contribution in [0, 0.1) is 12.7 Å². The van der Waals surface area contributed by atoms with Crippen molar-refractivity contribution in [2.75, 3.05) is 5.73 Å². The lowest BCUT2D eigenvalue weighted by Gasteiger charge is -2.21. The van der Waals surface area contributed by atoms with Crippen LogP contribution in [0.25, 0.3) is 5.69 Å². The van der Waals surface area contributed by atoms with Crippen molar-refractivity contribution in [3.05, 3.63) is 86.6 Å². The fraction of sp³-hybridized carbons (Fsp3) is 0.190. The van der Waals surface area contributed by atoms with Crippen LogP contribution in [0.1, 0.15) is 45.6 Å². The number of hydrogen-bond acceptors (Lipinski definition) is 4. The van der Waals surface area contributed by atoms with Crippen LogP contribution in [0.2, 0.25) is 0 Å². The Morgan fingerprint density at radius 1 is 1.13 bits per heavy atom. The van der Waals surface area contributed by atoms with Crippen molar-refractivity contribution >= 4 is 11.6 Å². The Labute approximate surface area is 174 Å². The number of rotatable bonds is 4. The lowest BCUT2D eigenvalue weighted by Crippen LogP contribution is -2.29. The molecule has 31 heavy (non-hydrogen) atoms. The highest BCUT2D eigenvalue weighted by atomic mass is 19.4. The number of para-hydroxylation sites is 1. The maximum absolute atomic E-state index is 14.1. The van der Waals surface area contributed by atoms with E-state index in [0.29, 0.717) is 4.68 Å². The monoisotopic (exact) mass is 434 g/mol. The van der Waals surface area contributed by atoms with E-state index < -0.39 is 34.9 Å². The summed E-state index contributed by atoms with van der Waals surface area (Å²) in [6.07, 6.45) is -4.65. The molecule has 0 aliphatic heterocycles. The molecule has 4 N–H and O–H groups in total. The Balaban J connectivity index is 2.24. The van der Waals surface area contributed by atoms with Gasteiger partial charge in [-0.25, -0.2) is 4.39 Å². The quantitative estimate of drug-likeness (QED) is 0.484. The molecule has 1 atom stereocenters. The van der Waals surface area contributed by atoms with Gasteiger partial charge in [0.05, 0.1) is 5.56 Å². The smallest absolute Gasteiger partial charge is 0.399 e. The van der Waals surface area contributed by atoms with E-state index in [0.717, 1.165) is 18.2 Å². The lowest BCUT2D eigenvalue weighted by atomic mass is 9.86. The number of anilines is 1. The summed E-state index contributed by atoms with van der Waals surface area (Å²) in [6.45, 7) is 2.77. The van der Waals surface area contributed by atoms with Gasteiger partial charge in [-0.3, -0.25) is 9.59 Å². The third-order valence-corrected chi connectivity index (χ3v) is 4.98. The Bertz CT molecular complexity index is 1240. The number of hydrogen-bond donors (Lipinski definition) is 2. The number of nitrogen functional groups attached to an aromatic ring is 1. The van der Waals surface area contributed by atoms with Gasteiger partial charge in [-0.1, -0.05) is 19.1 Å². The molecule has 0 saturated heterocycles. The summed E-state index contributed by atoms with van der Waals surface area (Å²) in [7, 11) is 0. The maximum atomic E-state index is 14.1. The summed E-state index contributed by atoms with van der Waals surface area (Å²) in [4.78, 5) is 24.7. The summed E-state index contributed by atoms with van der Waals surface area (Å²) in [5.41, 5.74) is 8.73. The van der Waals surface area contributed by atoms with Gasteiger partial charge in [-0.15, -0.1) is 0 Å². The fourth-order valence-electron chi connectivity index (χ4n) is 3.46. The number of benzene rings is 2. The van der Waals surface area contributed by atoms with E-state index >= 15 is 0 Å². The predicted octanol–water partition coefficient (Wildman–Crippen LogP) is 3.53. The van der Waals surface area contributed by atoms with Gasteiger partial charge in [0.1, 0.15) is 11.5 Å². The summed E-state index contributed by atoms with van der Waals surface area (Å²) in [5, 5.41) is 3.91. The summed E-state index contributed by atoms with van der Waals surface area (Å²) in [6, 6.07) is 8.45. The van der Waals surface area contributed by atoms with E-state index in [-0.39, 0.29) is 33.8 Å². The van der Waals surface area contributed by atoms with E-state index in [2.05, 4.69) is 5.10 Å². The SMILES string of the molecule is Cc1c([C@@H](C)c2cc(=O)n(-c3ccccc3F)nc2C(N)=O)cc(N)cc1C(F)(F)F. The van der Waals surface area contributed by atoms with E-state index in [9.17, 15) is 27.2 Å². The highest BCUT2D eigenvalue weighted by molar-refractivity contribution is 5.92. The maximum Gasteiger partial charge on any atom is 0.416 e. The molecule has 1 heterocycles. The van der Waals surface area contributed by atoms with Gasteiger partial charge in [-0.2, -0.15) is 23.0 Å². The molecule has 0 bridgehead atoms. The molecule has 162 valence electrons. The number of halogens is 4. The normalized spacial score (nSPS) is 12.6. The highest BCUT2D eigenvalue weighted by Gasteiger charge is 2.34. The molecule has 0 saturated carbocycles. The van der Waals surface area contributed by atoms with Crippen molar-refractivity contribution in [2.24, 2.45) is 5.73 Å². The van der Waals surface area contributed by atoms with E-state index in [1.54, 1.807) is 0 Å². The third-order valence-electron chi connectivity index (χ3n) is 4.98. The molecule has 10 heteroatoms. The second kappa shape index (κ2) is 7.86. The van der Waals surface area contributed by atoms with Gasteiger partial charge in [0.2, 0.25) is 0 Å². The van der Waals surface area contributed by atoms with Crippen LogP contribution in [0.4, 0.5) is 23.2 Å². The summed E-state index contributed by atoms with van der Waals surface area (Å²) < 4.78 is 55.0. The molecular weight excluding hydrogens is 416 g/mol. The molecule has 2 aromatic carbocycles. The van der Waals surface area contributed by atoms with Crippen LogP contribution < -0.4 is 17.0 Å². The van der Waals surface area contributed by atoms with Crippen LogP contribution in [0.3, 0.4) is 0 Å². The molecule has 0 unspecified atom stereocenters. The molecule has 1 amide bonds. The zero-order chi connectivity index (χ0) is 23.1.